The summed E-state index contributed by atoms with van der Waals surface area (Å²) in [4.78, 5) is 13.5. The highest BCUT2D eigenvalue weighted by molar-refractivity contribution is 6.29. The minimum absolute atomic E-state index is 0.146. The quantitative estimate of drug-likeness (QED) is 0.765. The van der Waals surface area contributed by atoms with Crippen LogP contribution in [0.5, 0.6) is 0 Å². The van der Waals surface area contributed by atoms with Crippen molar-refractivity contribution < 1.29 is 8.78 Å². The van der Waals surface area contributed by atoms with Crippen LogP contribution in [0.4, 0.5) is 8.78 Å². The molecule has 0 aliphatic heterocycles. The van der Waals surface area contributed by atoms with Gasteiger partial charge in [-0.2, -0.15) is 0 Å². The normalized spacial score (nSPS) is 10.4. The van der Waals surface area contributed by atoms with Gasteiger partial charge in [0.15, 0.2) is 11.6 Å². The number of H-pyrrole nitrogens is 1. The number of halogens is 3. The van der Waals surface area contributed by atoms with Crippen LogP contribution in [-0.2, 0) is 0 Å². The number of nitrogens with one attached hydrogen (secondary N) is 1. The molecule has 0 bridgehead atoms. The van der Waals surface area contributed by atoms with Crippen molar-refractivity contribution in [1.29, 1.82) is 0 Å². The molecule has 1 aromatic heterocycles. The molecule has 0 aliphatic rings. The molecule has 1 heterocycles. The summed E-state index contributed by atoms with van der Waals surface area (Å²) in [6, 6.07) is 6.12. The van der Waals surface area contributed by atoms with Crippen LogP contribution in [0.15, 0.2) is 35.1 Å². The Labute approximate surface area is 94.5 Å². The highest BCUT2D eigenvalue weighted by Gasteiger charge is 2.05. The van der Waals surface area contributed by atoms with E-state index in [0.29, 0.717) is 11.1 Å². The highest BCUT2D eigenvalue weighted by atomic mass is 35.5. The van der Waals surface area contributed by atoms with E-state index in [9.17, 15) is 13.6 Å². The fraction of sp³-hybridized carbons (Fsp3) is 0. The smallest absolute Gasteiger partial charge is 0.249 e. The fourth-order valence-corrected chi connectivity index (χ4v) is 1.56. The van der Waals surface area contributed by atoms with Gasteiger partial charge in [0.2, 0.25) is 5.56 Å². The minimum atomic E-state index is -0.964. The third kappa shape index (κ3) is 2.12. The third-order valence-electron chi connectivity index (χ3n) is 2.06. The Morgan fingerprint density at radius 1 is 1.00 bits per heavy atom. The molecule has 0 amide bonds. The number of benzene rings is 1. The molecule has 1 N–H and O–H groups in total. The predicted molar refractivity (Wildman–Crippen MR) is 57.4 cm³/mol. The molecule has 2 nitrogen and oxygen atoms in total. The number of hydrogen-bond donors (Lipinski definition) is 1. The lowest BCUT2D eigenvalue weighted by molar-refractivity contribution is 0.509. The predicted octanol–water partition coefficient (Wildman–Crippen LogP) is 2.97. The van der Waals surface area contributed by atoms with Gasteiger partial charge in [-0.25, -0.2) is 8.78 Å². The van der Waals surface area contributed by atoms with E-state index in [-0.39, 0.29) is 5.15 Å². The summed E-state index contributed by atoms with van der Waals surface area (Å²) >= 11 is 5.65. The average molecular weight is 242 g/mol. The summed E-state index contributed by atoms with van der Waals surface area (Å²) in [5.41, 5.74) is 0.437. The van der Waals surface area contributed by atoms with Crippen LogP contribution in [0.3, 0.4) is 0 Å². The number of hydrogen-bond acceptors (Lipinski definition) is 1. The Kier molecular flexibility index (Phi) is 2.75. The van der Waals surface area contributed by atoms with Crippen LogP contribution in [-0.4, -0.2) is 4.98 Å². The number of aromatic amines is 1. The summed E-state index contributed by atoms with van der Waals surface area (Å²) < 4.78 is 25.7. The van der Waals surface area contributed by atoms with Crippen LogP contribution in [0.25, 0.3) is 11.1 Å². The first-order chi connectivity index (χ1) is 7.56. The molecular formula is C11H6ClF2NO. The van der Waals surface area contributed by atoms with Gasteiger partial charge in [-0.15, -0.1) is 0 Å². The number of rotatable bonds is 1. The van der Waals surface area contributed by atoms with Crippen molar-refractivity contribution in [2.24, 2.45) is 0 Å². The maximum absolute atomic E-state index is 13.0. The summed E-state index contributed by atoms with van der Waals surface area (Å²) in [7, 11) is 0. The molecule has 5 heteroatoms. The third-order valence-corrected chi connectivity index (χ3v) is 2.27. The zero-order valence-electron chi connectivity index (χ0n) is 7.93. The second kappa shape index (κ2) is 4.06. The van der Waals surface area contributed by atoms with E-state index < -0.39 is 17.2 Å². The van der Waals surface area contributed by atoms with Gasteiger partial charge in [0.1, 0.15) is 5.15 Å². The Bertz CT molecular complexity index is 595. The molecule has 2 rings (SSSR count). The van der Waals surface area contributed by atoms with Crippen molar-refractivity contribution in [3.8, 4) is 11.1 Å². The van der Waals surface area contributed by atoms with Crippen molar-refractivity contribution in [1.82, 2.24) is 4.98 Å². The van der Waals surface area contributed by atoms with E-state index in [4.69, 9.17) is 11.6 Å². The fourth-order valence-electron chi connectivity index (χ4n) is 1.35. The molecule has 0 spiro atoms. The molecule has 0 atom stereocenters. The van der Waals surface area contributed by atoms with Crippen molar-refractivity contribution in [3.63, 3.8) is 0 Å². The SMILES string of the molecule is O=c1cc(-c2ccc(F)c(F)c2)cc(Cl)[nH]1. The van der Waals surface area contributed by atoms with E-state index in [1.165, 1.54) is 18.2 Å². The maximum Gasteiger partial charge on any atom is 0.249 e. The Morgan fingerprint density at radius 2 is 1.75 bits per heavy atom. The first kappa shape index (κ1) is 10.8. The van der Waals surface area contributed by atoms with Gasteiger partial charge in [-0.3, -0.25) is 4.79 Å². The lowest BCUT2D eigenvalue weighted by Gasteiger charge is -2.02. The molecule has 82 valence electrons. The van der Waals surface area contributed by atoms with Gasteiger partial charge in [-0.05, 0) is 29.3 Å². The zero-order valence-corrected chi connectivity index (χ0v) is 8.68. The molecule has 0 radical (unpaired) electrons. The molecule has 1 aromatic carbocycles. The largest absolute Gasteiger partial charge is 0.313 e. The summed E-state index contributed by atoms with van der Waals surface area (Å²) in [5, 5.41) is 0.146. The standard InChI is InChI=1S/C11H6ClF2NO/c12-10-4-7(5-11(16)15-10)6-1-2-8(13)9(14)3-6/h1-5H,(H,15,16). The zero-order chi connectivity index (χ0) is 11.7. The molecule has 0 fully saturated rings. The van der Waals surface area contributed by atoms with Crippen LogP contribution < -0.4 is 5.56 Å². The molecule has 0 saturated carbocycles. The van der Waals surface area contributed by atoms with Gasteiger partial charge >= 0.3 is 0 Å². The van der Waals surface area contributed by atoms with Gasteiger partial charge in [0.25, 0.3) is 0 Å². The van der Waals surface area contributed by atoms with Gasteiger partial charge in [0, 0.05) is 6.07 Å². The first-order valence-corrected chi connectivity index (χ1v) is 4.79. The van der Waals surface area contributed by atoms with Crippen molar-refractivity contribution in [2.45, 2.75) is 0 Å². The van der Waals surface area contributed by atoms with Crippen LogP contribution in [0.2, 0.25) is 5.15 Å². The molecule has 16 heavy (non-hydrogen) atoms. The van der Waals surface area contributed by atoms with Gasteiger partial charge in [0.05, 0.1) is 0 Å². The van der Waals surface area contributed by atoms with Crippen LogP contribution in [0.1, 0.15) is 0 Å². The molecular weight excluding hydrogens is 236 g/mol. The Morgan fingerprint density at radius 3 is 2.38 bits per heavy atom. The lowest BCUT2D eigenvalue weighted by atomic mass is 10.1. The summed E-state index contributed by atoms with van der Waals surface area (Å²) in [6.07, 6.45) is 0. The van der Waals surface area contributed by atoms with Crippen molar-refractivity contribution in [3.05, 3.63) is 57.5 Å². The topological polar surface area (TPSA) is 32.9 Å². The van der Waals surface area contributed by atoms with Gasteiger partial charge in [-0.1, -0.05) is 17.7 Å². The molecule has 0 unspecified atom stereocenters. The minimum Gasteiger partial charge on any atom is -0.313 e. The molecule has 0 saturated heterocycles. The summed E-state index contributed by atoms with van der Waals surface area (Å²) in [5.74, 6) is -1.89. The molecule has 0 aliphatic carbocycles. The molecule has 2 aromatic rings. The highest BCUT2D eigenvalue weighted by Crippen LogP contribution is 2.21. The van der Waals surface area contributed by atoms with Crippen LogP contribution >= 0.6 is 11.6 Å². The second-order valence-corrected chi connectivity index (χ2v) is 3.62. The van der Waals surface area contributed by atoms with Crippen molar-refractivity contribution in [2.75, 3.05) is 0 Å². The first-order valence-electron chi connectivity index (χ1n) is 4.41. The monoisotopic (exact) mass is 241 g/mol. The maximum atomic E-state index is 13.0. The van der Waals surface area contributed by atoms with E-state index in [2.05, 4.69) is 4.98 Å². The van der Waals surface area contributed by atoms with E-state index in [1.807, 2.05) is 0 Å². The number of aromatic nitrogens is 1. The number of pyridine rings is 1. The van der Waals surface area contributed by atoms with Crippen LogP contribution in [0, 0.1) is 11.6 Å². The van der Waals surface area contributed by atoms with E-state index in [1.54, 1.807) is 0 Å². The summed E-state index contributed by atoms with van der Waals surface area (Å²) in [6.45, 7) is 0. The van der Waals surface area contributed by atoms with Crippen molar-refractivity contribution >= 4 is 11.6 Å². The lowest BCUT2D eigenvalue weighted by Crippen LogP contribution is -2.03. The Hall–Kier alpha value is -1.68. The second-order valence-electron chi connectivity index (χ2n) is 3.21. The van der Waals surface area contributed by atoms with E-state index >= 15 is 0 Å². The van der Waals surface area contributed by atoms with E-state index in [0.717, 1.165) is 12.1 Å². The average Bonchev–Trinajstić information content (AvgIpc) is 2.20. The van der Waals surface area contributed by atoms with Gasteiger partial charge < -0.3 is 4.98 Å². The Balaban J connectivity index is 2.58.